The number of pyridine rings is 1. The molecule has 1 aliphatic heterocycles. The molecule has 0 spiro atoms. The average molecular weight is 353 g/mol. The average Bonchev–Trinajstić information content (AvgIpc) is 2.97. The van der Waals surface area contributed by atoms with Crippen molar-refractivity contribution < 1.29 is 14.3 Å². The topological polar surface area (TPSA) is 71.5 Å². The number of nitrogens with one attached hydrogen (secondary N) is 1. The molecule has 1 atom stereocenters. The van der Waals surface area contributed by atoms with Gasteiger partial charge in [-0.3, -0.25) is 9.59 Å². The SMILES string of the molecule is Cc1ccnc(NC(=O)C2CC(=O)N(c3ccc(OC(C)C)cc3)C2)c1. The lowest BCUT2D eigenvalue weighted by atomic mass is 10.1. The van der Waals surface area contributed by atoms with Crippen molar-refractivity contribution in [3.63, 3.8) is 0 Å². The van der Waals surface area contributed by atoms with Crippen LogP contribution in [0.4, 0.5) is 11.5 Å². The number of hydrogen-bond acceptors (Lipinski definition) is 4. The van der Waals surface area contributed by atoms with Crippen LogP contribution in [0.2, 0.25) is 0 Å². The van der Waals surface area contributed by atoms with Gasteiger partial charge in [-0.05, 0) is 62.7 Å². The number of amides is 2. The molecule has 3 rings (SSSR count). The third-order valence-electron chi connectivity index (χ3n) is 4.18. The molecule has 0 saturated carbocycles. The zero-order chi connectivity index (χ0) is 18.7. The molecule has 1 N–H and O–H groups in total. The van der Waals surface area contributed by atoms with E-state index < -0.39 is 5.92 Å². The Kier molecular flexibility index (Phi) is 5.21. The van der Waals surface area contributed by atoms with Gasteiger partial charge in [0.25, 0.3) is 0 Å². The first-order valence-electron chi connectivity index (χ1n) is 8.73. The Morgan fingerprint density at radius 3 is 2.65 bits per heavy atom. The molecule has 6 heteroatoms. The summed E-state index contributed by atoms with van der Waals surface area (Å²) in [5.74, 6) is 0.640. The maximum absolute atomic E-state index is 12.5. The molecule has 1 aromatic carbocycles. The van der Waals surface area contributed by atoms with Crippen LogP contribution < -0.4 is 15.0 Å². The molecule has 1 aliphatic rings. The van der Waals surface area contributed by atoms with Crippen molar-refractivity contribution in [1.82, 2.24) is 4.98 Å². The van der Waals surface area contributed by atoms with Gasteiger partial charge >= 0.3 is 0 Å². The molecular formula is C20H23N3O3. The molecule has 2 amide bonds. The van der Waals surface area contributed by atoms with Crippen molar-refractivity contribution in [2.75, 3.05) is 16.8 Å². The third kappa shape index (κ3) is 4.20. The molecule has 26 heavy (non-hydrogen) atoms. The number of carbonyl (C=O) groups is 2. The number of carbonyl (C=O) groups excluding carboxylic acids is 2. The monoisotopic (exact) mass is 353 g/mol. The molecule has 2 aromatic rings. The highest BCUT2D eigenvalue weighted by Gasteiger charge is 2.35. The van der Waals surface area contributed by atoms with E-state index in [1.165, 1.54) is 0 Å². The van der Waals surface area contributed by atoms with Gasteiger partial charge in [0.1, 0.15) is 11.6 Å². The highest BCUT2D eigenvalue weighted by Crippen LogP contribution is 2.27. The molecule has 1 aromatic heterocycles. The fourth-order valence-corrected chi connectivity index (χ4v) is 2.94. The second-order valence-electron chi connectivity index (χ2n) is 6.77. The van der Waals surface area contributed by atoms with Gasteiger partial charge in [0.2, 0.25) is 11.8 Å². The van der Waals surface area contributed by atoms with E-state index >= 15 is 0 Å². The van der Waals surface area contributed by atoms with Gasteiger partial charge in [-0.1, -0.05) is 0 Å². The van der Waals surface area contributed by atoms with Crippen LogP contribution >= 0.6 is 0 Å². The lowest BCUT2D eigenvalue weighted by molar-refractivity contribution is -0.122. The first-order chi connectivity index (χ1) is 12.4. The second-order valence-corrected chi connectivity index (χ2v) is 6.77. The van der Waals surface area contributed by atoms with Gasteiger partial charge < -0.3 is 15.0 Å². The Hall–Kier alpha value is -2.89. The summed E-state index contributed by atoms with van der Waals surface area (Å²) in [5, 5.41) is 2.80. The number of nitrogens with zero attached hydrogens (tertiary/aromatic N) is 2. The van der Waals surface area contributed by atoms with Crippen LogP contribution in [0.1, 0.15) is 25.8 Å². The Labute approximate surface area is 153 Å². The molecule has 0 radical (unpaired) electrons. The predicted molar refractivity (Wildman–Crippen MR) is 100 cm³/mol. The van der Waals surface area contributed by atoms with Gasteiger partial charge in [0.05, 0.1) is 12.0 Å². The normalized spacial score (nSPS) is 16.8. The zero-order valence-corrected chi connectivity index (χ0v) is 15.2. The number of anilines is 2. The Balaban J connectivity index is 1.65. The molecular weight excluding hydrogens is 330 g/mol. The fourth-order valence-electron chi connectivity index (χ4n) is 2.94. The molecule has 0 bridgehead atoms. The summed E-state index contributed by atoms with van der Waals surface area (Å²) < 4.78 is 5.62. The first kappa shape index (κ1) is 17.9. The highest BCUT2D eigenvalue weighted by atomic mass is 16.5. The summed E-state index contributed by atoms with van der Waals surface area (Å²) in [7, 11) is 0. The van der Waals surface area contributed by atoms with Crippen molar-refractivity contribution in [1.29, 1.82) is 0 Å². The summed E-state index contributed by atoms with van der Waals surface area (Å²) >= 11 is 0. The lowest BCUT2D eigenvalue weighted by Gasteiger charge is -2.18. The Bertz CT molecular complexity index is 802. The van der Waals surface area contributed by atoms with E-state index in [2.05, 4.69) is 10.3 Å². The Morgan fingerprint density at radius 2 is 2.00 bits per heavy atom. The van der Waals surface area contributed by atoms with Crippen LogP contribution in [0, 0.1) is 12.8 Å². The summed E-state index contributed by atoms with van der Waals surface area (Å²) in [5.41, 5.74) is 1.79. The van der Waals surface area contributed by atoms with Gasteiger partial charge in [-0.15, -0.1) is 0 Å². The summed E-state index contributed by atoms with van der Waals surface area (Å²) in [6, 6.07) is 11.0. The largest absolute Gasteiger partial charge is 0.491 e. The third-order valence-corrected chi connectivity index (χ3v) is 4.18. The van der Waals surface area contributed by atoms with Gasteiger partial charge in [0.15, 0.2) is 0 Å². The fraction of sp³-hybridized carbons (Fsp3) is 0.350. The van der Waals surface area contributed by atoms with E-state index in [4.69, 9.17) is 4.74 Å². The standard InChI is InChI=1S/C20H23N3O3/c1-13(2)26-17-6-4-16(5-7-17)23-12-15(11-19(23)24)20(25)22-18-10-14(3)8-9-21-18/h4-10,13,15H,11-12H2,1-3H3,(H,21,22,25). The minimum absolute atomic E-state index is 0.0557. The van der Waals surface area contributed by atoms with Gasteiger partial charge in [0, 0.05) is 24.8 Å². The summed E-state index contributed by atoms with van der Waals surface area (Å²) in [6.07, 6.45) is 1.94. The van der Waals surface area contributed by atoms with Crippen molar-refractivity contribution in [3.8, 4) is 5.75 Å². The van der Waals surface area contributed by atoms with E-state index in [9.17, 15) is 9.59 Å². The number of ether oxygens (including phenoxy) is 1. The van der Waals surface area contributed by atoms with E-state index in [0.717, 1.165) is 17.0 Å². The van der Waals surface area contributed by atoms with Crippen LogP contribution in [-0.2, 0) is 9.59 Å². The minimum Gasteiger partial charge on any atom is -0.491 e. The molecule has 0 aliphatic carbocycles. The van der Waals surface area contributed by atoms with Crippen molar-refractivity contribution >= 4 is 23.3 Å². The number of hydrogen-bond donors (Lipinski definition) is 1. The number of rotatable bonds is 5. The molecule has 6 nitrogen and oxygen atoms in total. The van der Waals surface area contributed by atoms with Crippen molar-refractivity contribution in [2.24, 2.45) is 5.92 Å². The quantitative estimate of drug-likeness (QED) is 0.896. The van der Waals surface area contributed by atoms with Crippen molar-refractivity contribution in [3.05, 3.63) is 48.2 Å². The maximum Gasteiger partial charge on any atom is 0.230 e. The minimum atomic E-state index is -0.392. The van der Waals surface area contributed by atoms with E-state index in [1.54, 1.807) is 17.2 Å². The lowest BCUT2D eigenvalue weighted by Crippen LogP contribution is -2.28. The smallest absolute Gasteiger partial charge is 0.230 e. The van der Waals surface area contributed by atoms with Crippen LogP contribution in [0.3, 0.4) is 0 Å². The van der Waals surface area contributed by atoms with Crippen LogP contribution in [0.5, 0.6) is 5.75 Å². The maximum atomic E-state index is 12.5. The van der Waals surface area contributed by atoms with E-state index in [1.807, 2.05) is 51.1 Å². The highest BCUT2D eigenvalue weighted by molar-refractivity contribution is 6.03. The number of benzene rings is 1. The van der Waals surface area contributed by atoms with Gasteiger partial charge in [-0.25, -0.2) is 4.98 Å². The number of aromatic nitrogens is 1. The van der Waals surface area contributed by atoms with Crippen LogP contribution in [0.25, 0.3) is 0 Å². The molecule has 136 valence electrons. The Morgan fingerprint density at radius 1 is 1.27 bits per heavy atom. The molecule has 1 fully saturated rings. The summed E-state index contributed by atoms with van der Waals surface area (Å²) in [6.45, 7) is 6.22. The molecule has 1 unspecified atom stereocenters. The number of aryl methyl sites for hydroxylation is 1. The second kappa shape index (κ2) is 7.56. The predicted octanol–water partition coefficient (Wildman–Crippen LogP) is 3.17. The first-order valence-corrected chi connectivity index (χ1v) is 8.73. The summed E-state index contributed by atoms with van der Waals surface area (Å²) in [4.78, 5) is 30.6. The van der Waals surface area contributed by atoms with Crippen LogP contribution in [-0.4, -0.2) is 29.4 Å². The van der Waals surface area contributed by atoms with Gasteiger partial charge in [-0.2, -0.15) is 0 Å². The van der Waals surface area contributed by atoms with Crippen LogP contribution in [0.15, 0.2) is 42.6 Å². The van der Waals surface area contributed by atoms with E-state index in [0.29, 0.717) is 12.4 Å². The zero-order valence-electron chi connectivity index (χ0n) is 15.2. The van der Waals surface area contributed by atoms with E-state index in [-0.39, 0.29) is 24.3 Å². The molecule has 2 heterocycles. The molecule has 1 saturated heterocycles. The van der Waals surface area contributed by atoms with Crippen molar-refractivity contribution in [2.45, 2.75) is 33.3 Å².